The smallest absolute Gasteiger partial charge is 0.320 e. The number of likely N-dealkylation sites (tertiary alicyclic amines) is 1. The molecule has 1 saturated heterocycles. The third-order valence-electron chi connectivity index (χ3n) is 5.69. The number of hydrogen-bond acceptors (Lipinski definition) is 3. The van der Waals surface area contributed by atoms with E-state index in [-0.39, 0.29) is 18.0 Å². The summed E-state index contributed by atoms with van der Waals surface area (Å²) in [6.45, 7) is 2.64. The molecule has 2 atom stereocenters. The summed E-state index contributed by atoms with van der Waals surface area (Å²) in [4.78, 5) is 29.4. The molecule has 2 aromatic rings. The van der Waals surface area contributed by atoms with Crippen LogP contribution < -0.4 is 5.32 Å². The standard InChI is InChI=1S/C20H25N3O3/c1-12-3-2-4-15-13(11-22-18(12)15)9-10-21-19(24)16-7-8-17(20(25)26)23(16)14-5-6-14/h2-4,11,14,16-17,22H,5-10H2,1H3,(H,21,24)(H,25,26). The molecule has 1 aliphatic carbocycles. The lowest BCUT2D eigenvalue weighted by Crippen LogP contribution is -2.49. The lowest BCUT2D eigenvalue weighted by atomic mass is 10.1. The SMILES string of the molecule is Cc1cccc2c(CCNC(=O)C3CCC(C(=O)O)N3C3CC3)c[nH]c12. The minimum absolute atomic E-state index is 0.0309. The number of benzene rings is 1. The molecular weight excluding hydrogens is 330 g/mol. The van der Waals surface area contributed by atoms with Crippen molar-refractivity contribution in [3.05, 3.63) is 35.5 Å². The van der Waals surface area contributed by atoms with Gasteiger partial charge in [0.1, 0.15) is 6.04 Å². The Labute approximate surface area is 152 Å². The fraction of sp³-hybridized carbons (Fsp3) is 0.500. The number of carbonyl (C=O) groups excluding carboxylic acids is 1. The van der Waals surface area contributed by atoms with Gasteiger partial charge in [0.15, 0.2) is 0 Å². The van der Waals surface area contributed by atoms with Crippen molar-refractivity contribution in [1.29, 1.82) is 0 Å². The van der Waals surface area contributed by atoms with Crippen molar-refractivity contribution >= 4 is 22.8 Å². The molecule has 6 heteroatoms. The number of amides is 1. The molecule has 2 heterocycles. The van der Waals surface area contributed by atoms with Crippen LogP contribution in [0.25, 0.3) is 10.9 Å². The van der Waals surface area contributed by atoms with Gasteiger partial charge in [-0.15, -0.1) is 0 Å². The minimum atomic E-state index is -0.804. The first-order valence-electron chi connectivity index (χ1n) is 9.40. The molecule has 6 nitrogen and oxygen atoms in total. The van der Waals surface area contributed by atoms with Crippen LogP contribution in [0.2, 0.25) is 0 Å². The lowest BCUT2D eigenvalue weighted by molar-refractivity contribution is -0.143. The van der Waals surface area contributed by atoms with E-state index in [1.54, 1.807) is 0 Å². The molecular formula is C20H25N3O3. The Morgan fingerprint density at radius 3 is 2.73 bits per heavy atom. The first kappa shape index (κ1) is 17.1. The van der Waals surface area contributed by atoms with Crippen molar-refractivity contribution in [2.45, 2.75) is 57.2 Å². The van der Waals surface area contributed by atoms with E-state index in [0.717, 1.165) is 24.8 Å². The predicted octanol–water partition coefficient (Wildman–Crippen LogP) is 2.22. The fourth-order valence-electron chi connectivity index (χ4n) is 4.24. The molecule has 4 rings (SSSR count). The Kier molecular flexibility index (Phi) is 4.44. The zero-order chi connectivity index (χ0) is 18.3. The number of aromatic nitrogens is 1. The summed E-state index contributed by atoms with van der Waals surface area (Å²) in [7, 11) is 0. The number of hydrogen-bond donors (Lipinski definition) is 3. The summed E-state index contributed by atoms with van der Waals surface area (Å²) in [5.74, 6) is -0.835. The first-order chi connectivity index (χ1) is 12.6. The van der Waals surface area contributed by atoms with Crippen molar-refractivity contribution in [2.75, 3.05) is 6.54 Å². The third kappa shape index (κ3) is 3.09. The molecule has 2 unspecified atom stereocenters. The van der Waals surface area contributed by atoms with E-state index < -0.39 is 12.0 Å². The minimum Gasteiger partial charge on any atom is -0.480 e. The summed E-state index contributed by atoms with van der Waals surface area (Å²) in [6, 6.07) is 5.69. The van der Waals surface area contributed by atoms with Gasteiger partial charge in [0, 0.05) is 29.7 Å². The molecule has 2 fully saturated rings. The number of H-pyrrole nitrogens is 1. The van der Waals surface area contributed by atoms with Gasteiger partial charge in [-0.2, -0.15) is 0 Å². The van der Waals surface area contributed by atoms with Gasteiger partial charge in [-0.3, -0.25) is 14.5 Å². The van der Waals surface area contributed by atoms with E-state index >= 15 is 0 Å². The number of aliphatic carboxylic acids is 1. The van der Waals surface area contributed by atoms with E-state index in [2.05, 4.69) is 29.4 Å². The van der Waals surface area contributed by atoms with E-state index in [1.165, 1.54) is 16.5 Å². The molecule has 3 N–H and O–H groups in total. The molecule has 0 bridgehead atoms. The second-order valence-corrected chi connectivity index (χ2v) is 7.48. The average molecular weight is 355 g/mol. The van der Waals surface area contributed by atoms with E-state index in [0.29, 0.717) is 19.4 Å². The van der Waals surface area contributed by atoms with Crippen LogP contribution in [-0.2, 0) is 16.0 Å². The van der Waals surface area contributed by atoms with Gasteiger partial charge in [-0.05, 0) is 50.2 Å². The lowest BCUT2D eigenvalue weighted by Gasteiger charge is -2.27. The zero-order valence-corrected chi connectivity index (χ0v) is 15.0. The van der Waals surface area contributed by atoms with Gasteiger partial charge in [0.2, 0.25) is 5.91 Å². The molecule has 138 valence electrons. The number of nitrogens with one attached hydrogen (secondary N) is 2. The van der Waals surface area contributed by atoms with Crippen molar-refractivity contribution < 1.29 is 14.7 Å². The highest BCUT2D eigenvalue weighted by atomic mass is 16.4. The highest BCUT2D eigenvalue weighted by Crippen LogP contribution is 2.37. The number of fused-ring (bicyclic) bond motifs is 1. The Morgan fingerprint density at radius 1 is 1.23 bits per heavy atom. The largest absolute Gasteiger partial charge is 0.480 e. The maximum Gasteiger partial charge on any atom is 0.320 e. The summed E-state index contributed by atoms with van der Waals surface area (Å²) in [6.07, 6.45) is 5.96. The van der Waals surface area contributed by atoms with Crippen molar-refractivity contribution in [3.63, 3.8) is 0 Å². The van der Waals surface area contributed by atoms with Crippen LogP contribution in [0.5, 0.6) is 0 Å². The number of rotatable bonds is 6. The summed E-state index contributed by atoms with van der Waals surface area (Å²) in [5, 5.41) is 13.6. The van der Waals surface area contributed by atoms with Crippen molar-refractivity contribution in [3.8, 4) is 0 Å². The molecule has 0 radical (unpaired) electrons. The number of carboxylic acid groups (broad SMARTS) is 1. The molecule has 2 aliphatic rings. The molecule has 0 spiro atoms. The number of carboxylic acids is 1. The van der Waals surface area contributed by atoms with Crippen LogP contribution in [-0.4, -0.2) is 51.5 Å². The van der Waals surface area contributed by atoms with Gasteiger partial charge in [-0.25, -0.2) is 0 Å². The van der Waals surface area contributed by atoms with E-state index in [1.807, 2.05) is 17.2 Å². The molecule has 1 aromatic carbocycles. The highest BCUT2D eigenvalue weighted by molar-refractivity contribution is 5.86. The highest BCUT2D eigenvalue weighted by Gasteiger charge is 2.48. The Bertz CT molecular complexity index is 840. The van der Waals surface area contributed by atoms with E-state index in [4.69, 9.17) is 0 Å². The average Bonchev–Trinajstić information content (AvgIpc) is 3.21. The quantitative estimate of drug-likeness (QED) is 0.742. The van der Waals surface area contributed by atoms with Crippen LogP contribution in [0, 0.1) is 6.92 Å². The van der Waals surface area contributed by atoms with Gasteiger partial charge >= 0.3 is 5.97 Å². The number of aryl methyl sites for hydroxylation is 1. The molecule has 1 amide bonds. The van der Waals surface area contributed by atoms with Crippen molar-refractivity contribution in [2.24, 2.45) is 0 Å². The third-order valence-corrected chi connectivity index (χ3v) is 5.69. The van der Waals surface area contributed by atoms with Gasteiger partial charge in [-0.1, -0.05) is 18.2 Å². The van der Waals surface area contributed by atoms with Crippen LogP contribution in [0.15, 0.2) is 24.4 Å². The van der Waals surface area contributed by atoms with Crippen LogP contribution >= 0.6 is 0 Å². The molecule has 26 heavy (non-hydrogen) atoms. The van der Waals surface area contributed by atoms with Gasteiger partial charge < -0.3 is 15.4 Å². The maximum atomic E-state index is 12.6. The van der Waals surface area contributed by atoms with Crippen LogP contribution in [0.4, 0.5) is 0 Å². The summed E-state index contributed by atoms with van der Waals surface area (Å²) >= 11 is 0. The summed E-state index contributed by atoms with van der Waals surface area (Å²) < 4.78 is 0. The molecule has 1 aliphatic heterocycles. The Morgan fingerprint density at radius 2 is 2.00 bits per heavy atom. The number of aromatic amines is 1. The second kappa shape index (κ2) is 6.76. The molecule has 1 aromatic heterocycles. The zero-order valence-electron chi connectivity index (χ0n) is 15.0. The summed E-state index contributed by atoms with van der Waals surface area (Å²) in [5.41, 5.74) is 3.55. The number of nitrogens with zero attached hydrogens (tertiary/aromatic N) is 1. The normalized spacial score (nSPS) is 23.4. The fourth-order valence-corrected chi connectivity index (χ4v) is 4.24. The number of carbonyl (C=O) groups is 2. The van der Waals surface area contributed by atoms with Crippen LogP contribution in [0.3, 0.4) is 0 Å². The van der Waals surface area contributed by atoms with Crippen LogP contribution in [0.1, 0.15) is 36.8 Å². The maximum absolute atomic E-state index is 12.6. The van der Waals surface area contributed by atoms with Gasteiger partial charge in [0.25, 0.3) is 0 Å². The second-order valence-electron chi connectivity index (χ2n) is 7.48. The first-order valence-corrected chi connectivity index (χ1v) is 9.40. The predicted molar refractivity (Wildman–Crippen MR) is 99.1 cm³/mol. The van der Waals surface area contributed by atoms with E-state index in [9.17, 15) is 14.7 Å². The number of para-hydroxylation sites is 1. The Balaban J connectivity index is 1.38. The Hall–Kier alpha value is -2.34. The van der Waals surface area contributed by atoms with Gasteiger partial charge in [0.05, 0.1) is 6.04 Å². The monoisotopic (exact) mass is 355 g/mol. The molecule has 1 saturated carbocycles. The van der Waals surface area contributed by atoms with Crippen molar-refractivity contribution in [1.82, 2.24) is 15.2 Å². The topological polar surface area (TPSA) is 85.4 Å².